The molecule has 20 heavy (non-hydrogen) atoms. The molecule has 1 saturated heterocycles. The minimum Gasteiger partial charge on any atom is -0.480 e. The summed E-state index contributed by atoms with van der Waals surface area (Å²) in [7, 11) is 0. The lowest BCUT2D eigenvalue weighted by Crippen LogP contribution is -2.52. The number of aliphatic carboxylic acids is 1. The minimum absolute atomic E-state index is 0.0435. The first-order chi connectivity index (χ1) is 9.14. The Kier molecular flexibility index (Phi) is 5.34. The highest BCUT2D eigenvalue weighted by Crippen LogP contribution is 2.30. The first-order valence-electron chi connectivity index (χ1n) is 7.02. The molecular formula is C15H26N2O3. The molecule has 0 spiro atoms. The summed E-state index contributed by atoms with van der Waals surface area (Å²) in [5, 5.41) is 15.3. The quantitative estimate of drug-likeness (QED) is 0.668. The van der Waals surface area contributed by atoms with Crippen molar-refractivity contribution in [1.82, 2.24) is 10.6 Å². The zero-order chi connectivity index (χ0) is 15.5. The van der Waals surface area contributed by atoms with Crippen LogP contribution in [0.3, 0.4) is 0 Å². The fourth-order valence-corrected chi connectivity index (χ4v) is 2.86. The maximum atomic E-state index is 11.4. The van der Waals surface area contributed by atoms with Gasteiger partial charge in [0.2, 0.25) is 5.91 Å². The number of carbonyl (C=O) groups excluding carboxylic acids is 1. The third-order valence-electron chi connectivity index (χ3n) is 3.62. The first-order valence-corrected chi connectivity index (χ1v) is 7.02. The monoisotopic (exact) mass is 282 g/mol. The molecule has 3 N–H and O–H groups in total. The van der Waals surface area contributed by atoms with E-state index < -0.39 is 12.0 Å². The number of carboxylic acid groups (broad SMARTS) is 1. The zero-order valence-electron chi connectivity index (χ0n) is 12.8. The van der Waals surface area contributed by atoms with E-state index >= 15 is 0 Å². The zero-order valence-corrected chi connectivity index (χ0v) is 12.8. The van der Waals surface area contributed by atoms with E-state index in [1.807, 2.05) is 0 Å². The molecule has 1 aliphatic heterocycles. The molecule has 0 radical (unpaired) electrons. The maximum Gasteiger partial charge on any atom is 0.320 e. The lowest BCUT2D eigenvalue weighted by molar-refractivity contribution is -0.139. The summed E-state index contributed by atoms with van der Waals surface area (Å²) in [5.41, 5.74) is 0.0435. The van der Waals surface area contributed by atoms with Crippen molar-refractivity contribution in [2.75, 3.05) is 0 Å². The van der Waals surface area contributed by atoms with E-state index in [9.17, 15) is 9.59 Å². The Bertz CT molecular complexity index is 387. The smallest absolute Gasteiger partial charge is 0.320 e. The molecule has 1 rings (SSSR count). The Balaban J connectivity index is 2.90. The number of nitrogens with one attached hydrogen (secondary N) is 2. The summed E-state index contributed by atoms with van der Waals surface area (Å²) >= 11 is 0. The normalized spacial score (nSPS) is 27.9. The van der Waals surface area contributed by atoms with Gasteiger partial charge in [0.1, 0.15) is 6.04 Å². The fraction of sp³-hybridized carbons (Fsp3) is 0.733. The molecule has 1 heterocycles. The van der Waals surface area contributed by atoms with Gasteiger partial charge in [0.25, 0.3) is 0 Å². The van der Waals surface area contributed by atoms with Crippen molar-refractivity contribution in [3.05, 3.63) is 12.7 Å². The molecule has 5 heteroatoms. The van der Waals surface area contributed by atoms with Crippen LogP contribution in [-0.2, 0) is 9.59 Å². The molecule has 1 fully saturated rings. The van der Waals surface area contributed by atoms with Gasteiger partial charge >= 0.3 is 5.97 Å². The van der Waals surface area contributed by atoms with Gasteiger partial charge in [-0.05, 0) is 24.2 Å². The van der Waals surface area contributed by atoms with Crippen LogP contribution in [0.25, 0.3) is 0 Å². The van der Waals surface area contributed by atoms with Crippen molar-refractivity contribution >= 4 is 11.9 Å². The molecule has 0 bridgehead atoms. The average Bonchev–Trinajstić information content (AvgIpc) is 2.69. The van der Waals surface area contributed by atoms with Crippen LogP contribution in [0, 0.1) is 11.3 Å². The Morgan fingerprint density at radius 2 is 2.10 bits per heavy atom. The summed E-state index contributed by atoms with van der Waals surface area (Å²) in [6.07, 6.45) is 3.09. The predicted octanol–water partition coefficient (Wildman–Crippen LogP) is 1.54. The van der Waals surface area contributed by atoms with Crippen molar-refractivity contribution in [2.45, 2.75) is 58.7 Å². The summed E-state index contributed by atoms with van der Waals surface area (Å²) in [6, 6.07) is -0.754. The second kappa shape index (κ2) is 6.39. The van der Waals surface area contributed by atoms with Crippen LogP contribution in [0.1, 0.15) is 40.5 Å². The molecule has 0 aliphatic carbocycles. The van der Waals surface area contributed by atoms with Crippen molar-refractivity contribution in [3.63, 3.8) is 0 Å². The van der Waals surface area contributed by atoms with Crippen molar-refractivity contribution in [2.24, 2.45) is 11.3 Å². The van der Waals surface area contributed by atoms with E-state index in [2.05, 4.69) is 38.0 Å². The topological polar surface area (TPSA) is 78.4 Å². The van der Waals surface area contributed by atoms with Crippen LogP contribution < -0.4 is 10.6 Å². The number of hydrogen-bond acceptors (Lipinski definition) is 3. The fourth-order valence-electron chi connectivity index (χ4n) is 2.86. The SMILES string of the molecule is C=C[C@@H]1C[C@H](C(=O)O)NC1[C@H](CC(C)(C)C)NC(C)=O. The number of carbonyl (C=O) groups is 2. The van der Waals surface area contributed by atoms with Crippen LogP contribution in [0.4, 0.5) is 0 Å². The molecule has 114 valence electrons. The third kappa shape index (κ3) is 4.63. The van der Waals surface area contributed by atoms with Gasteiger partial charge in [-0.1, -0.05) is 26.8 Å². The largest absolute Gasteiger partial charge is 0.480 e. The lowest BCUT2D eigenvalue weighted by Gasteiger charge is -2.33. The van der Waals surface area contributed by atoms with Crippen LogP contribution in [-0.4, -0.2) is 35.1 Å². The Morgan fingerprint density at radius 3 is 2.50 bits per heavy atom. The summed E-state index contributed by atoms with van der Waals surface area (Å²) in [6.45, 7) is 11.6. The highest BCUT2D eigenvalue weighted by atomic mass is 16.4. The lowest BCUT2D eigenvalue weighted by atomic mass is 9.82. The molecule has 0 aromatic rings. The van der Waals surface area contributed by atoms with E-state index in [-0.39, 0.29) is 29.3 Å². The van der Waals surface area contributed by atoms with Gasteiger partial charge in [-0.3, -0.25) is 14.9 Å². The molecule has 4 atom stereocenters. The molecular weight excluding hydrogens is 256 g/mol. The second-order valence-electron chi connectivity index (χ2n) is 6.79. The van der Waals surface area contributed by atoms with Crippen LogP contribution in [0.2, 0.25) is 0 Å². The van der Waals surface area contributed by atoms with Gasteiger partial charge in [-0.2, -0.15) is 0 Å². The van der Waals surface area contributed by atoms with E-state index in [4.69, 9.17) is 5.11 Å². The van der Waals surface area contributed by atoms with Gasteiger partial charge in [0.15, 0.2) is 0 Å². The van der Waals surface area contributed by atoms with Crippen LogP contribution >= 0.6 is 0 Å². The number of rotatable bonds is 5. The standard InChI is InChI=1S/C15H26N2O3/c1-6-10-7-11(14(19)20)17-13(10)12(16-9(2)18)8-15(3,4)5/h6,10-13,17H,1,7-8H2,2-5H3,(H,16,18)(H,19,20)/t10-,11-,12+,13?/m1/s1. The summed E-state index contributed by atoms with van der Waals surface area (Å²) in [5.74, 6) is -0.894. The first kappa shape index (κ1) is 16.7. The van der Waals surface area contributed by atoms with Gasteiger partial charge in [0.05, 0.1) is 0 Å². The van der Waals surface area contributed by atoms with E-state index in [1.165, 1.54) is 6.92 Å². The van der Waals surface area contributed by atoms with Crippen LogP contribution in [0.5, 0.6) is 0 Å². The Labute approximate surface area is 120 Å². The van der Waals surface area contributed by atoms with E-state index in [0.29, 0.717) is 6.42 Å². The summed E-state index contributed by atoms with van der Waals surface area (Å²) in [4.78, 5) is 22.6. The van der Waals surface area contributed by atoms with Crippen molar-refractivity contribution < 1.29 is 14.7 Å². The molecule has 0 aromatic heterocycles. The maximum absolute atomic E-state index is 11.4. The highest BCUT2D eigenvalue weighted by molar-refractivity contribution is 5.75. The third-order valence-corrected chi connectivity index (χ3v) is 3.62. The predicted molar refractivity (Wildman–Crippen MR) is 78.3 cm³/mol. The molecule has 1 unspecified atom stereocenters. The van der Waals surface area contributed by atoms with E-state index in [0.717, 1.165) is 6.42 Å². The van der Waals surface area contributed by atoms with Gasteiger partial charge in [-0.15, -0.1) is 6.58 Å². The molecule has 1 aliphatic rings. The summed E-state index contributed by atoms with van der Waals surface area (Å²) < 4.78 is 0. The van der Waals surface area contributed by atoms with Crippen molar-refractivity contribution in [3.8, 4) is 0 Å². The highest BCUT2D eigenvalue weighted by Gasteiger charge is 2.41. The van der Waals surface area contributed by atoms with E-state index in [1.54, 1.807) is 6.08 Å². The number of hydrogen-bond donors (Lipinski definition) is 3. The minimum atomic E-state index is -0.850. The Hall–Kier alpha value is -1.36. The van der Waals surface area contributed by atoms with Gasteiger partial charge in [0, 0.05) is 19.0 Å². The van der Waals surface area contributed by atoms with Gasteiger partial charge in [-0.25, -0.2) is 0 Å². The molecule has 1 amide bonds. The Morgan fingerprint density at radius 1 is 1.50 bits per heavy atom. The number of carboxylic acids is 1. The van der Waals surface area contributed by atoms with Crippen LogP contribution in [0.15, 0.2) is 12.7 Å². The molecule has 0 saturated carbocycles. The number of amides is 1. The molecule has 0 aromatic carbocycles. The average molecular weight is 282 g/mol. The van der Waals surface area contributed by atoms with Gasteiger partial charge < -0.3 is 10.4 Å². The molecule has 5 nitrogen and oxygen atoms in total. The second-order valence-corrected chi connectivity index (χ2v) is 6.79. The van der Waals surface area contributed by atoms with Crippen molar-refractivity contribution in [1.29, 1.82) is 0 Å².